The minimum absolute atomic E-state index is 0.00319. The van der Waals surface area contributed by atoms with E-state index < -0.39 is 11.8 Å². The highest BCUT2D eigenvalue weighted by Gasteiger charge is 2.20. The summed E-state index contributed by atoms with van der Waals surface area (Å²) in [5.74, 6) is -0.726. The summed E-state index contributed by atoms with van der Waals surface area (Å²) in [6.45, 7) is -0.266. The number of ether oxygens (including phenoxy) is 2. The first-order valence-electron chi connectivity index (χ1n) is 8.24. The second-order valence-electron chi connectivity index (χ2n) is 5.81. The third-order valence-corrected chi connectivity index (χ3v) is 5.43. The van der Waals surface area contributed by atoms with E-state index in [9.17, 15) is 13.6 Å². The molecule has 0 saturated heterocycles. The molecule has 0 spiro atoms. The van der Waals surface area contributed by atoms with Crippen molar-refractivity contribution in [2.24, 2.45) is 0 Å². The molecular formula is C19H11ClF2N2O4S. The third-order valence-electron chi connectivity index (χ3n) is 3.80. The highest BCUT2D eigenvalue weighted by Crippen LogP contribution is 2.36. The Bertz CT molecular complexity index is 1180. The van der Waals surface area contributed by atoms with Gasteiger partial charge in [-0.2, -0.15) is 4.98 Å². The topological polar surface area (TPSA) is 74.5 Å². The van der Waals surface area contributed by atoms with Gasteiger partial charge in [-0.25, -0.2) is 13.6 Å². The van der Waals surface area contributed by atoms with Crippen molar-refractivity contribution in [3.8, 4) is 5.75 Å². The van der Waals surface area contributed by atoms with Gasteiger partial charge in [0, 0.05) is 10.1 Å². The lowest BCUT2D eigenvalue weighted by Gasteiger charge is -2.02. The molecule has 0 N–H and O–H groups in total. The van der Waals surface area contributed by atoms with Crippen molar-refractivity contribution in [1.29, 1.82) is 0 Å². The lowest BCUT2D eigenvalue weighted by Crippen LogP contribution is -2.04. The number of carbonyl (C=O) groups is 1. The van der Waals surface area contributed by atoms with Crippen LogP contribution in [0.5, 0.6) is 5.75 Å². The number of rotatable bonds is 6. The number of aromatic nitrogens is 2. The summed E-state index contributed by atoms with van der Waals surface area (Å²) >= 11 is 7.23. The zero-order chi connectivity index (χ0) is 20.4. The summed E-state index contributed by atoms with van der Waals surface area (Å²) in [6.07, 6.45) is 0. The van der Waals surface area contributed by atoms with Crippen LogP contribution in [0.1, 0.15) is 21.4 Å². The van der Waals surface area contributed by atoms with Gasteiger partial charge in [0.15, 0.2) is 13.2 Å². The van der Waals surface area contributed by atoms with Gasteiger partial charge in [0.2, 0.25) is 5.82 Å². The molecule has 0 unspecified atom stereocenters. The average molecular weight is 437 g/mol. The lowest BCUT2D eigenvalue weighted by molar-refractivity contribution is 0.0436. The predicted octanol–water partition coefficient (Wildman–Crippen LogP) is 5.15. The van der Waals surface area contributed by atoms with Crippen molar-refractivity contribution in [3.05, 3.63) is 75.7 Å². The quantitative estimate of drug-likeness (QED) is 0.389. The fourth-order valence-corrected chi connectivity index (χ4v) is 3.88. The van der Waals surface area contributed by atoms with Crippen molar-refractivity contribution in [1.82, 2.24) is 10.1 Å². The normalized spacial score (nSPS) is 11.0. The van der Waals surface area contributed by atoms with E-state index in [1.807, 2.05) is 0 Å². The zero-order valence-electron chi connectivity index (χ0n) is 14.5. The Morgan fingerprint density at radius 1 is 1.10 bits per heavy atom. The van der Waals surface area contributed by atoms with E-state index in [0.717, 1.165) is 11.3 Å². The highest BCUT2D eigenvalue weighted by molar-refractivity contribution is 7.21. The van der Waals surface area contributed by atoms with Crippen LogP contribution in [0.4, 0.5) is 8.78 Å². The van der Waals surface area contributed by atoms with Crippen LogP contribution in [0.3, 0.4) is 0 Å². The molecule has 0 aliphatic carbocycles. The van der Waals surface area contributed by atoms with Crippen LogP contribution in [0.25, 0.3) is 10.1 Å². The molecule has 0 amide bonds. The summed E-state index contributed by atoms with van der Waals surface area (Å²) in [7, 11) is 0. The Kier molecular flexibility index (Phi) is 5.41. The van der Waals surface area contributed by atoms with Gasteiger partial charge in [0.1, 0.15) is 22.3 Å². The van der Waals surface area contributed by atoms with E-state index in [4.69, 9.17) is 25.6 Å². The highest BCUT2D eigenvalue weighted by atomic mass is 35.5. The molecule has 148 valence electrons. The maximum absolute atomic E-state index is 13.3. The van der Waals surface area contributed by atoms with Gasteiger partial charge in [-0.3, -0.25) is 0 Å². The van der Waals surface area contributed by atoms with E-state index in [-0.39, 0.29) is 40.6 Å². The number of hydrogen-bond donors (Lipinski definition) is 0. The van der Waals surface area contributed by atoms with E-state index in [0.29, 0.717) is 15.8 Å². The smallest absolute Gasteiger partial charge is 0.350 e. The van der Waals surface area contributed by atoms with Crippen LogP contribution in [0.15, 0.2) is 47.0 Å². The van der Waals surface area contributed by atoms with Gasteiger partial charge < -0.3 is 14.0 Å². The molecule has 0 radical (unpaired) electrons. The molecule has 4 rings (SSSR count). The number of nitrogens with zero attached hydrogens (tertiary/aromatic N) is 2. The standard InChI is InChI=1S/C19H11ClF2N2O4S/c20-17-13-6-3-11(22)7-14(13)29-18(17)19(25)27-9-16-23-15(24-28-16)8-26-12-4-1-10(21)2-5-12/h1-7H,8-9H2. The summed E-state index contributed by atoms with van der Waals surface area (Å²) in [5.41, 5.74) is 0. The second-order valence-corrected chi connectivity index (χ2v) is 7.24. The fraction of sp³-hybridized carbons (Fsp3) is 0.105. The molecule has 2 aromatic carbocycles. The Morgan fingerprint density at radius 3 is 2.66 bits per heavy atom. The van der Waals surface area contributed by atoms with Gasteiger partial charge in [0.25, 0.3) is 5.89 Å². The molecule has 6 nitrogen and oxygen atoms in total. The lowest BCUT2D eigenvalue weighted by atomic mass is 10.2. The molecule has 0 atom stereocenters. The number of fused-ring (bicyclic) bond motifs is 1. The molecule has 0 aliphatic rings. The number of thiophene rings is 1. The van der Waals surface area contributed by atoms with Crippen LogP contribution >= 0.6 is 22.9 Å². The minimum Gasteiger partial charge on any atom is -0.485 e. The van der Waals surface area contributed by atoms with Crippen molar-refractivity contribution in [3.63, 3.8) is 0 Å². The number of halogens is 3. The van der Waals surface area contributed by atoms with Crippen LogP contribution in [0, 0.1) is 11.6 Å². The molecule has 29 heavy (non-hydrogen) atoms. The first-order valence-corrected chi connectivity index (χ1v) is 9.43. The van der Waals surface area contributed by atoms with Crippen LogP contribution < -0.4 is 4.74 Å². The number of benzene rings is 2. The average Bonchev–Trinajstić information content (AvgIpc) is 3.30. The van der Waals surface area contributed by atoms with Crippen molar-refractivity contribution in [2.75, 3.05) is 0 Å². The Labute approximate surface area is 171 Å². The second kappa shape index (κ2) is 8.14. The Hall–Kier alpha value is -3.04. The van der Waals surface area contributed by atoms with Crippen molar-refractivity contribution < 1.29 is 27.6 Å². The first-order chi connectivity index (χ1) is 14.0. The molecule has 2 heterocycles. The van der Waals surface area contributed by atoms with Crippen LogP contribution in [-0.2, 0) is 18.0 Å². The fourth-order valence-electron chi connectivity index (χ4n) is 2.45. The van der Waals surface area contributed by atoms with Crippen LogP contribution in [0.2, 0.25) is 5.02 Å². The molecule has 0 saturated carbocycles. The minimum atomic E-state index is -0.682. The van der Waals surface area contributed by atoms with Gasteiger partial charge in [-0.1, -0.05) is 16.8 Å². The zero-order valence-corrected chi connectivity index (χ0v) is 16.1. The van der Waals surface area contributed by atoms with E-state index >= 15 is 0 Å². The van der Waals surface area contributed by atoms with Crippen LogP contribution in [-0.4, -0.2) is 16.1 Å². The number of esters is 1. The van der Waals surface area contributed by atoms with Gasteiger partial charge in [-0.15, -0.1) is 11.3 Å². The van der Waals surface area contributed by atoms with Crippen molar-refractivity contribution >= 4 is 39.0 Å². The van der Waals surface area contributed by atoms with Gasteiger partial charge in [0.05, 0.1) is 5.02 Å². The van der Waals surface area contributed by atoms with E-state index in [1.54, 1.807) is 0 Å². The molecule has 0 bridgehead atoms. The summed E-state index contributed by atoms with van der Waals surface area (Å²) in [4.78, 5) is 16.5. The van der Waals surface area contributed by atoms with Gasteiger partial charge in [-0.05, 0) is 42.5 Å². The summed E-state index contributed by atoms with van der Waals surface area (Å²) < 4.78 is 42.3. The van der Waals surface area contributed by atoms with E-state index in [2.05, 4.69) is 10.1 Å². The van der Waals surface area contributed by atoms with Gasteiger partial charge >= 0.3 is 5.97 Å². The summed E-state index contributed by atoms with van der Waals surface area (Å²) in [6, 6.07) is 9.55. The molecular weight excluding hydrogens is 426 g/mol. The molecule has 4 aromatic rings. The first kappa shape index (κ1) is 19.3. The monoisotopic (exact) mass is 436 g/mol. The molecule has 2 aromatic heterocycles. The third kappa shape index (κ3) is 4.36. The summed E-state index contributed by atoms with van der Waals surface area (Å²) in [5, 5.41) is 4.49. The Morgan fingerprint density at radius 2 is 1.86 bits per heavy atom. The molecule has 0 fully saturated rings. The maximum atomic E-state index is 13.3. The van der Waals surface area contributed by atoms with E-state index in [1.165, 1.54) is 42.5 Å². The number of carbonyl (C=O) groups excluding carboxylic acids is 1. The van der Waals surface area contributed by atoms with Crippen molar-refractivity contribution in [2.45, 2.75) is 13.2 Å². The largest absolute Gasteiger partial charge is 0.485 e. The molecule has 0 aliphatic heterocycles. The number of hydrogen-bond acceptors (Lipinski definition) is 7. The maximum Gasteiger partial charge on any atom is 0.350 e. The predicted molar refractivity (Wildman–Crippen MR) is 101 cm³/mol. The molecule has 10 heteroatoms. The SMILES string of the molecule is O=C(OCc1nc(COc2ccc(F)cc2)no1)c1sc2cc(F)ccc2c1Cl. The Balaban J connectivity index is 1.36.